The number of thiazole rings is 1. The highest BCUT2D eigenvalue weighted by atomic mass is 32.2. The highest BCUT2D eigenvalue weighted by molar-refractivity contribution is 7.92. The van der Waals surface area contributed by atoms with Crippen LogP contribution in [0.15, 0.2) is 28.7 Å². The first-order chi connectivity index (χ1) is 15.6. The minimum absolute atomic E-state index is 0.0174. The van der Waals surface area contributed by atoms with Gasteiger partial charge in [0.25, 0.3) is 11.8 Å². The second-order valence-electron chi connectivity index (χ2n) is 7.13. The van der Waals surface area contributed by atoms with Gasteiger partial charge in [-0.3, -0.25) is 15.0 Å². The van der Waals surface area contributed by atoms with Crippen molar-refractivity contribution >= 4 is 50.8 Å². The van der Waals surface area contributed by atoms with E-state index in [0.29, 0.717) is 5.75 Å². The molecule has 0 aliphatic carbocycles. The second kappa shape index (κ2) is 8.32. The molecule has 15 heteroatoms. The van der Waals surface area contributed by atoms with Crippen molar-refractivity contribution < 1.29 is 28.5 Å². The van der Waals surface area contributed by atoms with Crippen LogP contribution >= 0.6 is 11.3 Å². The van der Waals surface area contributed by atoms with Crippen LogP contribution in [-0.4, -0.2) is 66.1 Å². The number of anilines is 1. The fourth-order valence-corrected chi connectivity index (χ4v) is 5.17. The summed E-state index contributed by atoms with van der Waals surface area (Å²) in [5, 5.41) is 25.3. The summed E-state index contributed by atoms with van der Waals surface area (Å²) in [7, 11) is -1.46. The highest BCUT2D eigenvalue weighted by Crippen LogP contribution is 2.52. The molecule has 0 spiro atoms. The Balaban J connectivity index is 1.37. The number of oxime groups is 1. The van der Waals surface area contributed by atoms with Crippen molar-refractivity contribution in [3.8, 4) is 11.5 Å². The number of ether oxygens (including phenoxy) is 1. The zero-order chi connectivity index (χ0) is 23.9. The number of phenolic OH excluding ortho intramolecular Hbond substituents is 1. The number of carbonyl (C=O) groups is 2. The van der Waals surface area contributed by atoms with Gasteiger partial charge in [-0.15, -0.1) is 11.3 Å². The van der Waals surface area contributed by atoms with Crippen LogP contribution in [0.2, 0.25) is 0 Å². The van der Waals surface area contributed by atoms with Crippen LogP contribution in [0.25, 0.3) is 0 Å². The van der Waals surface area contributed by atoms with E-state index in [4.69, 9.17) is 26.5 Å². The summed E-state index contributed by atoms with van der Waals surface area (Å²) in [5.41, 5.74) is 11.1. The highest BCUT2D eigenvalue weighted by Gasteiger charge is 2.78. The standard InChI is InChI=1S/C18H19N7O6S2/c1-18-13(16(28)25(18)33(18)29)23-15(27)12(10-7-32-17(21)22-10)24-31-5-4-30-8-2-3-9(14(19)20)11(26)6-8/h2-3,6-7,13,26H,4-5H2,1H3,(H3,19,20)(H2,21,22)(H,23,27)/b24-12-/t13-,18-,25?,33?/m0/s1. The molecule has 7 N–H and O–H groups in total. The van der Waals surface area contributed by atoms with E-state index in [9.17, 15) is 18.9 Å². The van der Waals surface area contributed by atoms with Gasteiger partial charge in [-0.25, -0.2) is 13.5 Å². The Morgan fingerprint density at radius 3 is 2.82 bits per heavy atom. The van der Waals surface area contributed by atoms with E-state index < -0.39 is 33.7 Å². The van der Waals surface area contributed by atoms with Crippen LogP contribution in [0.3, 0.4) is 0 Å². The molecule has 0 bridgehead atoms. The average molecular weight is 494 g/mol. The van der Waals surface area contributed by atoms with Crippen LogP contribution in [-0.2, 0) is 25.4 Å². The number of amidine groups is 1. The first-order valence-corrected chi connectivity index (χ1v) is 11.4. The third kappa shape index (κ3) is 3.95. The fraction of sp³-hybridized carbons (Fsp3) is 0.278. The first kappa shape index (κ1) is 22.5. The normalized spacial score (nSPS) is 23.4. The van der Waals surface area contributed by atoms with E-state index in [0.717, 1.165) is 11.3 Å². The summed E-state index contributed by atoms with van der Waals surface area (Å²) >= 11 is 1.10. The van der Waals surface area contributed by atoms with Gasteiger partial charge in [0.15, 0.2) is 33.3 Å². The van der Waals surface area contributed by atoms with Crippen molar-refractivity contribution in [1.29, 1.82) is 5.41 Å². The van der Waals surface area contributed by atoms with E-state index in [1.165, 1.54) is 27.9 Å². The Labute approximate surface area is 193 Å². The van der Waals surface area contributed by atoms with E-state index in [1.54, 1.807) is 6.92 Å². The zero-order valence-corrected chi connectivity index (χ0v) is 18.7. The number of benzene rings is 1. The number of hydrogen-bond donors (Lipinski definition) is 5. The maximum Gasteiger partial charge on any atom is 0.276 e. The minimum Gasteiger partial charge on any atom is -0.507 e. The van der Waals surface area contributed by atoms with Crippen LogP contribution in [0.1, 0.15) is 18.2 Å². The number of nitrogens with two attached hydrogens (primary N) is 2. The smallest absolute Gasteiger partial charge is 0.276 e. The summed E-state index contributed by atoms with van der Waals surface area (Å²) in [6, 6.07) is 3.34. The number of phenols is 1. The zero-order valence-electron chi connectivity index (χ0n) is 17.1. The number of nitrogen functional groups attached to an aromatic ring is 2. The van der Waals surface area contributed by atoms with Crippen LogP contribution in [0.4, 0.5) is 5.13 Å². The van der Waals surface area contributed by atoms with Crippen molar-refractivity contribution in [3.05, 3.63) is 34.8 Å². The lowest BCUT2D eigenvalue weighted by Gasteiger charge is -2.29. The largest absolute Gasteiger partial charge is 0.507 e. The van der Waals surface area contributed by atoms with Gasteiger partial charge < -0.3 is 31.5 Å². The lowest BCUT2D eigenvalue weighted by molar-refractivity contribution is -0.139. The summed E-state index contributed by atoms with van der Waals surface area (Å²) in [4.78, 5) is 33.1. The Hall–Kier alpha value is -3.72. The summed E-state index contributed by atoms with van der Waals surface area (Å²) < 4.78 is 18.4. The van der Waals surface area contributed by atoms with Gasteiger partial charge in [0, 0.05) is 11.4 Å². The fourth-order valence-electron chi connectivity index (χ4n) is 3.19. The van der Waals surface area contributed by atoms with E-state index in [1.807, 2.05) is 0 Å². The molecule has 174 valence electrons. The summed E-state index contributed by atoms with van der Waals surface area (Å²) in [5.74, 6) is -1.32. The molecule has 3 heterocycles. The maximum absolute atomic E-state index is 12.8. The van der Waals surface area contributed by atoms with Crippen LogP contribution < -0.4 is 21.5 Å². The van der Waals surface area contributed by atoms with Crippen molar-refractivity contribution in [2.75, 3.05) is 18.9 Å². The number of hydrogen-bond acceptors (Lipinski definition) is 11. The minimum atomic E-state index is -1.46. The lowest BCUT2D eigenvalue weighted by atomic mass is 10.0. The molecule has 2 saturated heterocycles. The number of carbonyl (C=O) groups excluding carboxylic acids is 2. The predicted octanol–water partition coefficient (Wildman–Crippen LogP) is -0.765. The monoisotopic (exact) mass is 493 g/mol. The maximum atomic E-state index is 12.8. The van der Waals surface area contributed by atoms with Gasteiger partial charge in [0.1, 0.15) is 35.7 Å². The molecule has 2 amide bonds. The van der Waals surface area contributed by atoms with Crippen molar-refractivity contribution in [1.82, 2.24) is 14.6 Å². The van der Waals surface area contributed by atoms with E-state index >= 15 is 0 Å². The van der Waals surface area contributed by atoms with Gasteiger partial charge in [0.05, 0.1) is 5.56 Å². The Kier molecular flexibility index (Phi) is 5.67. The molecule has 0 radical (unpaired) electrons. The van der Waals surface area contributed by atoms with Crippen molar-refractivity contribution in [3.63, 3.8) is 0 Å². The molecule has 2 fully saturated rings. The van der Waals surface area contributed by atoms with Gasteiger partial charge in [-0.2, -0.15) is 0 Å². The number of amides is 2. The number of rotatable bonds is 9. The third-order valence-corrected chi connectivity index (χ3v) is 7.50. The third-order valence-electron chi connectivity index (χ3n) is 4.99. The molecule has 0 saturated carbocycles. The van der Waals surface area contributed by atoms with E-state index in [-0.39, 0.29) is 46.9 Å². The SMILES string of the molecule is C[C@]12[C@@H](NC(=O)/C(=N\OCCOc3ccc(C(=N)N)c(O)c3)c3csc(N)n3)C(=O)N1S2=O. The molecular formula is C18H19N7O6S2. The number of β-lactam (4-membered cyclic amide) rings is 1. The molecule has 2 aromatic rings. The number of aromatic nitrogens is 1. The Bertz CT molecular complexity index is 1210. The first-order valence-electron chi connectivity index (χ1n) is 9.43. The second-order valence-corrected chi connectivity index (χ2v) is 9.71. The predicted molar refractivity (Wildman–Crippen MR) is 119 cm³/mol. The molecule has 33 heavy (non-hydrogen) atoms. The van der Waals surface area contributed by atoms with E-state index in [2.05, 4.69) is 15.5 Å². The van der Waals surface area contributed by atoms with Gasteiger partial charge in [-0.1, -0.05) is 5.16 Å². The topological polar surface area (TPSA) is 206 Å². The number of nitrogens with zero attached hydrogens (tertiary/aromatic N) is 3. The molecule has 4 rings (SSSR count). The van der Waals surface area contributed by atoms with Crippen molar-refractivity contribution in [2.24, 2.45) is 10.9 Å². The molecule has 2 aliphatic rings. The summed E-state index contributed by atoms with van der Waals surface area (Å²) in [6.45, 7) is 1.56. The molecular weight excluding hydrogens is 474 g/mol. The van der Waals surface area contributed by atoms with Gasteiger partial charge in [-0.05, 0) is 19.1 Å². The molecule has 1 aromatic heterocycles. The molecule has 1 unspecified atom stereocenters. The molecule has 13 nitrogen and oxygen atoms in total. The Morgan fingerprint density at radius 1 is 1.48 bits per heavy atom. The summed E-state index contributed by atoms with van der Waals surface area (Å²) in [6.07, 6.45) is 0. The Morgan fingerprint density at radius 2 is 2.24 bits per heavy atom. The van der Waals surface area contributed by atoms with Gasteiger partial charge in [0.2, 0.25) is 0 Å². The number of fused-ring (bicyclic) bond motifs is 1. The lowest BCUT2D eigenvalue weighted by Crippen LogP contribution is -2.62. The number of aromatic hydroxyl groups is 1. The molecule has 1 aromatic carbocycles. The average Bonchev–Trinajstić information content (AvgIpc) is 3.02. The molecule has 2 aliphatic heterocycles. The quantitative estimate of drug-likeness (QED) is 0.0741. The number of nitrogens with one attached hydrogen (secondary N) is 2. The van der Waals surface area contributed by atoms with Crippen LogP contribution in [0, 0.1) is 5.41 Å². The molecule has 3 atom stereocenters. The van der Waals surface area contributed by atoms with Crippen molar-refractivity contribution in [2.45, 2.75) is 17.8 Å². The van der Waals surface area contributed by atoms with Crippen LogP contribution in [0.5, 0.6) is 11.5 Å². The van der Waals surface area contributed by atoms with Gasteiger partial charge >= 0.3 is 0 Å².